The van der Waals surface area contributed by atoms with Gasteiger partial charge in [-0.1, -0.05) is 0 Å². The summed E-state index contributed by atoms with van der Waals surface area (Å²) in [4.78, 5) is 16.2. The van der Waals surface area contributed by atoms with Crippen molar-refractivity contribution in [3.05, 3.63) is 48.4 Å². The summed E-state index contributed by atoms with van der Waals surface area (Å²) in [6, 6.07) is 5.70. The molecule has 1 aromatic carbocycles. The van der Waals surface area contributed by atoms with Crippen LogP contribution >= 0.6 is 49.9 Å². The van der Waals surface area contributed by atoms with Crippen molar-refractivity contribution in [1.82, 2.24) is 10.3 Å². The maximum absolute atomic E-state index is 12.0. The second-order valence-corrected chi connectivity index (χ2v) is 6.43. The normalized spacial score (nSPS) is 10.3. The molecule has 0 unspecified atom stereocenters. The Morgan fingerprint density at radius 1 is 1.50 bits per heavy atom. The summed E-state index contributed by atoms with van der Waals surface area (Å²) < 4.78 is 1.86. The van der Waals surface area contributed by atoms with Gasteiger partial charge in [0.25, 0.3) is 5.91 Å². The monoisotopic (exact) mass is 436 g/mol. The van der Waals surface area contributed by atoms with Crippen LogP contribution < -0.4 is 5.32 Å². The highest BCUT2D eigenvalue weighted by Gasteiger charge is 2.09. The van der Waals surface area contributed by atoms with Gasteiger partial charge >= 0.3 is 0 Å². The average Bonchev–Trinajstić information content (AvgIpc) is 2.85. The maximum Gasteiger partial charge on any atom is 0.252 e. The van der Waals surface area contributed by atoms with Gasteiger partial charge in [0.05, 0.1) is 16.8 Å². The average molecular weight is 437 g/mol. The fourth-order valence-electron chi connectivity index (χ4n) is 1.43. The third-order valence-corrected chi connectivity index (χ3v) is 4.32. The summed E-state index contributed by atoms with van der Waals surface area (Å²) in [5.74, 6) is -0.0596. The summed E-state index contributed by atoms with van der Waals surface area (Å²) in [7, 11) is 0. The third-order valence-electron chi connectivity index (χ3n) is 2.32. The number of hydrogen-bond donors (Lipinski definition) is 1. The molecule has 0 aliphatic rings. The van der Waals surface area contributed by atoms with Gasteiger partial charge in [-0.15, -0.1) is 11.3 Å². The van der Waals surface area contributed by atoms with Crippen LogP contribution in [0.15, 0.2) is 33.6 Å². The molecule has 94 valence electrons. The summed E-state index contributed by atoms with van der Waals surface area (Å²) in [5, 5.41) is 4.89. The number of thiazole rings is 1. The fraction of sp³-hybridized carbons (Fsp3) is 0.167. The van der Waals surface area contributed by atoms with Gasteiger partial charge in [0.1, 0.15) is 0 Å². The van der Waals surface area contributed by atoms with Crippen LogP contribution in [0.2, 0.25) is 0 Å². The molecule has 3 nitrogen and oxygen atoms in total. The summed E-state index contributed by atoms with van der Waals surface area (Å²) in [5.41, 5.74) is 3.48. The molecule has 0 bridgehead atoms. The van der Waals surface area contributed by atoms with Crippen LogP contribution in [0.5, 0.6) is 0 Å². The van der Waals surface area contributed by atoms with Gasteiger partial charge in [0.15, 0.2) is 0 Å². The highest BCUT2D eigenvalue weighted by atomic mass is 127. The molecular formula is C12H10BrIN2OS. The zero-order valence-corrected chi connectivity index (χ0v) is 13.9. The first-order valence-electron chi connectivity index (χ1n) is 5.27. The third kappa shape index (κ3) is 3.76. The molecule has 0 spiro atoms. The number of aromatic nitrogens is 1. The Bertz CT molecular complexity index is 545. The Labute approximate surface area is 131 Å². The van der Waals surface area contributed by atoms with Gasteiger partial charge in [-0.25, -0.2) is 4.98 Å². The minimum atomic E-state index is -0.0596. The van der Waals surface area contributed by atoms with E-state index in [1.807, 2.05) is 23.6 Å². The van der Waals surface area contributed by atoms with E-state index in [4.69, 9.17) is 0 Å². The van der Waals surface area contributed by atoms with Crippen molar-refractivity contribution in [2.75, 3.05) is 6.54 Å². The van der Waals surface area contributed by atoms with Gasteiger partial charge in [-0.3, -0.25) is 4.79 Å². The van der Waals surface area contributed by atoms with E-state index in [0.29, 0.717) is 12.1 Å². The van der Waals surface area contributed by atoms with Crippen molar-refractivity contribution < 1.29 is 4.79 Å². The highest BCUT2D eigenvalue weighted by molar-refractivity contribution is 14.1. The van der Waals surface area contributed by atoms with Crippen LogP contribution in [-0.2, 0) is 6.42 Å². The van der Waals surface area contributed by atoms with Crippen molar-refractivity contribution in [2.24, 2.45) is 0 Å². The van der Waals surface area contributed by atoms with E-state index in [1.54, 1.807) is 16.8 Å². The quantitative estimate of drug-likeness (QED) is 0.745. The molecule has 0 radical (unpaired) electrons. The number of rotatable bonds is 4. The zero-order chi connectivity index (χ0) is 13.0. The van der Waals surface area contributed by atoms with Crippen molar-refractivity contribution in [3.63, 3.8) is 0 Å². The minimum absolute atomic E-state index is 0.0596. The van der Waals surface area contributed by atoms with Crippen LogP contribution in [0, 0.1) is 3.57 Å². The molecule has 1 heterocycles. The lowest BCUT2D eigenvalue weighted by atomic mass is 10.2. The first kappa shape index (κ1) is 14.0. The number of benzene rings is 1. The van der Waals surface area contributed by atoms with Crippen molar-refractivity contribution in [2.45, 2.75) is 6.42 Å². The van der Waals surface area contributed by atoms with Crippen molar-refractivity contribution in [1.29, 1.82) is 0 Å². The Hall–Kier alpha value is -0.470. The first-order valence-corrected chi connectivity index (χ1v) is 8.08. The number of hydrogen-bond acceptors (Lipinski definition) is 3. The first-order chi connectivity index (χ1) is 8.66. The SMILES string of the molecule is O=C(NCCc1cscn1)c1cc(I)ccc1Br. The standard InChI is InChI=1S/C12H10BrIN2OS/c13-11-2-1-8(14)5-10(11)12(17)15-4-3-9-6-18-7-16-9/h1-2,5-7H,3-4H2,(H,15,17). The number of halogens is 2. The number of carbonyl (C=O) groups is 1. The molecule has 1 amide bonds. The molecule has 2 rings (SSSR count). The number of amides is 1. The molecular weight excluding hydrogens is 427 g/mol. The van der Waals surface area contributed by atoms with Gasteiger partial charge < -0.3 is 5.32 Å². The predicted octanol–water partition coefficient (Wildman–Crippen LogP) is 3.48. The van der Waals surface area contributed by atoms with Gasteiger partial charge in [0.2, 0.25) is 0 Å². The molecule has 1 N–H and O–H groups in total. The molecule has 0 saturated heterocycles. The molecule has 6 heteroatoms. The van der Waals surface area contributed by atoms with E-state index in [2.05, 4.69) is 48.8 Å². The highest BCUT2D eigenvalue weighted by Crippen LogP contribution is 2.19. The second-order valence-electron chi connectivity index (χ2n) is 3.61. The number of nitrogens with zero attached hydrogens (tertiary/aromatic N) is 1. The summed E-state index contributed by atoms with van der Waals surface area (Å²) >= 11 is 7.15. The van der Waals surface area contributed by atoms with E-state index in [1.165, 1.54) is 0 Å². The Morgan fingerprint density at radius 3 is 3.06 bits per heavy atom. The fourth-order valence-corrected chi connectivity index (χ4v) is 2.94. The van der Waals surface area contributed by atoms with Crippen LogP contribution in [0.25, 0.3) is 0 Å². The molecule has 0 atom stereocenters. The largest absolute Gasteiger partial charge is 0.352 e. The van der Waals surface area contributed by atoms with Crippen LogP contribution in [0.1, 0.15) is 16.1 Å². The molecule has 1 aromatic heterocycles. The second kappa shape index (κ2) is 6.63. The number of nitrogens with one attached hydrogen (secondary N) is 1. The van der Waals surface area contributed by atoms with Crippen molar-refractivity contribution in [3.8, 4) is 0 Å². The van der Waals surface area contributed by atoms with E-state index in [-0.39, 0.29) is 5.91 Å². The molecule has 0 aliphatic carbocycles. The molecule has 2 aromatic rings. The van der Waals surface area contributed by atoms with E-state index < -0.39 is 0 Å². The van der Waals surface area contributed by atoms with E-state index >= 15 is 0 Å². The molecule has 0 aliphatic heterocycles. The molecule has 0 saturated carbocycles. The topological polar surface area (TPSA) is 42.0 Å². The smallest absolute Gasteiger partial charge is 0.252 e. The lowest BCUT2D eigenvalue weighted by Crippen LogP contribution is -2.26. The van der Waals surface area contributed by atoms with Crippen molar-refractivity contribution >= 4 is 55.8 Å². The van der Waals surface area contributed by atoms with E-state index in [9.17, 15) is 4.79 Å². The summed E-state index contributed by atoms with van der Waals surface area (Å²) in [6.07, 6.45) is 0.761. The lowest BCUT2D eigenvalue weighted by molar-refractivity contribution is 0.0953. The van der Waals surface area contributed by atoms with Gasteiger partial charge in [0, 0.05) is 26.4 Å². The summed E-state index contributed by atoms with van der Waals surface area (Å²) in [6.45, 7) is 0.598. The van der Waals surface area contributed by atoms with Gasteiger partial charge in [-0.2, -0.15) is 0 Å². The zero-order valence-electron chi connectivity index (χ0n) is 9.32. The minimum Gasteiger partial charge on any atom is -0.352 e. The Balaban J connectivity index is 1.93. The van der Waals surface area contributed by atoms with Crippen LogP contribution in [0.3, 0.4) is 0 Å². The van der Waals surface area contributed by atoms with Crippen LogP contribution in [0.4, 0.5) is 0 Å². The number of carbonyl (C=O) groups excluding carboxylic acids is 1. The maximum atomic E-state index is 12.0. The molecule has 0 fully saturated rings. The predicted molar refractivity (Wildman–Crippen MR) is 85.0 cm³/mol. The Kier molecular flexibility index (Phi) is 5.13. The van der Waals surface area contributed by atoms with E-state index in [0.717, 1.165) is 20.2 Å². The molecule has 18 heavy (non-hydrogen) atoms. The van der Waals surface area contributed by atoms with Crippen LogP contribution in [-0.4, -0.2) is 17.4 Å². The lowest BCUT2D eigenvalue weighted by Gasteiger charge is -2.06. The Morgan fingerprint density at radius 2 is 2.33 bits per heavy atom. The van der Waals surface area contributed by atoms with Gasteiger partial charge in [-0.05, 0) is 56.7 Å².